The summed E-state index contributed by atoms with van der Waals surface area (Å²) in [6.07, 6.45) is 4.65. The summed E-state index contributed by atoms with van der Waals surface area (Å²) in [6, 6.07) is 0. The Morgan fingerprint density at radius 3 is 1.86 bits per heavy atom. The molecule has 14 heavy (non-hydrogen) atoms. The predicted octanol–water partition coefficient (Wildman–Crippen LogP) is 1.64. The molecular formula is C11H18O3. The Balaban J connectivity index is 3.84. The molecule has 0 rings (SSSR count). The summed E-state index contributed by atoms with van der Waals surface area (Å²) >= 11 is 0. The first-order valence-corrected chi connectivity index (χ1v) is 4.99. The van der Waals surface area contributed by atoms with Crippen molar-refractivity contribution < 1.29 is 14.4 Å². The van der Waals surface area contributed by atoms with Gasteiger partial charge in [-0.15, -0.1) is 0 Å². The highest BCUT2D eigenvalue weighted by Gasteiger charge is 2.13. The molecule has 0 radical (unpaired) electrons. The third-order valence-electron chi connectivity index (χ3n) is 2.32. The highest BCUT2D eigenvalue weighted by molar-refractivity contribution is 5.58. The molecule has 3 heteroatoms. The lowest BCUT2D eigenvalue weighted by molar-refractivity contribution is -0.115. The Morgan fingerprint density at radius 2 is 1.43 bits per heavy atom. The van der Waals surface area contributed by atoms with Crippen molar-refractivity contribution in [2.45, 2.75) is 33.1 Å². The molecule has 0 spiro atoms. The van der Waals surface area contributed by atoms with Crippen molar-refractivity contribution >= 4 is 18.9 Å². The predicted molar refractivity (Wildman–Crippen MR) is 53.9 cm³/mol. The third-order valence-corrected chi connectivity index (χ3v) is 2.32. The molecule has 0 saturated carbocycles. The molecule has 0 aromatic rings. The van der Waals surface area contributed by atoms with E-state index in [9.17, 15) is 14.4 Å². The topological polar surface area (TPSA) is 51.2 Å². The van der Waals surface area contributed by atoms with E-state index in [2.05, 4.69) is 0 Å². The van der Waals surface area contributed by atoms with Crippen LogP contribution in [0.25, 0.3) is 0 Å². The van der Waals surface area contributed by atoms with E-state index >= 15 is 0 Å². The second kappa shape index (κ2) is 7.42. The molecule has 3 atom stereocenters. The van der Waals surface area contributed by atoms with Gasteiger partial charge in [-0.1, -0.05) is 13.8 Å². The zero-order valence-electron chi connectivity index (χ0n) is 8.81. The van der Waals surface area contributed by atoms with Crippen LogP contribution in [-0.4, -0.2) is 18.9 Å². The summed E-state index contributed by atoms with van der Waals surface area (Å²) in [7, 11) is 0. The first-order valence-electron chi connectivity index (χ1n) is 4.99. The van der Waals surface area contributed by atoms with Crippen molar-refractivity contribution in [1.29, 1.82) is 0 Å². The van der Waals surface area contributed by atoms with Crippen LogP contribution in [0, 0.1) is 17.8 Å². The molecule has 0 aliphatic heterocycles. The first-order chi connectivity index (χ1) is 6.63. The molecule has 0 fully saturated rings. The molecule has 0 saturated heterocycles. The van der Waals surface area contributed by atoms with Gasteiger partial charge in [0.1, 0.15) is 18.9 Å². The fraction of sp³-hybridized carbons (Fsp3) is 0.727. The maximum absolute atomic E-state index is 10.7. The monoisotopic (exact) mass is 198 g/mol. The second-order valence-corrected chi connectivity index (χ2v) is 3.94. The quantitative estimate of drug-likeness (QED) is 0.557. The molecule has 0 aliphatic carbocycles. The Morgan fingerprint density at radius 1 is 0.857 bits per heavy atom. The lowest BCUT2D eigenvalue weighted by Crippen LogP contribution is -2.10. The number of hydrogen-bond donors (Lipinski definition) is 0. The molecule has 0 aliphatic rings. The minimum atomic E-state index is -0.0856. The smallest absolute Gasteiger partial charge is 0.123 e. The van der Waals surface area contributed by atoms with Crippen LogP contribution in [0.5, 0.6) is 0 Å². The van der Waals surface area contributed by atoms with Crippen LogP contribution < -0.4 is 0 Å². The fourth-order valence-corrected chi connectivity index (χ4v) is 1.32. The van der Waals surface area contributed by atoms with E-state index in [0.29, 0.717) is 12.8 Å². The average Bonchev–Trinajstić information content (AvgIpc) is 2.22. The molecule has 0 aromatic carbocycles. The largest absolute Gasteiger partial charge is 0.303 e. The summed E-state index contributed by atoms with van der Waals surface area (Å²) in [4.78, 5) is 31.4. The van der Waals surface area contributed by atoms with Crippen LogP contribution in [0.3, 0.4) is 0 Å². The molecule has 0 amide bonds. The van der Waals surface area contributed by atoms with Crippen LogP contribution in [0.4, 0.5) is 0 Å². The standard InChI is InChI=1S/C11H18O3/c1-9(6-12)3-4-11(8-14)5-10(2)7-13/h6-11H,3-5H2,1-2H3. The Kier molecular flexibility index (Phi) is 6.89. The second-order valence-electron chi connectivity index (χ2n) is 3.94. The number of carbonyl (C=O) groups excluding carboxylic acids is 3. The minimum Gasteiger partial charge on any atom is -0.303 e. The summed E-state index contributed by atoms with van der Waals surface area (Å²) in [5.41, 5.74) is 0. The number of hydrogen-bond acceptors (Lipinski definition) is 3. The van der Waals surface area contributed by atoms with Gasteiger partial charge in [-0.05, 0) is 19.3 Å². The van der Waals surface area contributed by atoms with Gasteiger partial charge in [-0.2, -0.15) is 0 Å². The van der Waals surface area contributed by atoms with Crippen molar-refractivity contribution in [3.63, 3.8) is 0 Å². The zero-order chi connectivity index (χ0) is 11.0. The van der Waals surface area contributed by atoms with Gasteiger partial charge in [0.25, 0.3) is 0 Å². The minimum absolute atomic E-state index is 0.00369. The highest BCUT2D eigenvalue weighted by atomic mass is 16.1. The van der Waals surface area contributed by atoms with Gasteiger partial charge in [-0.25, -0.2) is 0 Å². The summed E-state index contributed by atoms with van der Waals surface area (Å²) in [5, 5.41) is 0. The number of carbonyl (C=O) groups is 3. The van der Waals surface area contributed by atoms with Gasteiger partial charge in [0.2, 0.25) is 0 Å². The Bertz CT molecular complexity index is 189. The van der Waals surface area contributed by atoms with E-state index in [-0.39, 0.29) is 17.8 Å². The normalized spacial score (nSPS) is 16.7. The lowest BCUT2D eigenvalue weighted by atomic mass is 9.91. The SMILES string of the molecule is CC(C=O)CCC(C=O)CC(C)C=O. The third kappa shape index (κ3) is 5.62. The van der Waals surface area contributed by atoms with Crippen LogP contribution in [-0.2, 0) is 14.4 Å². The molecule has 80 valence electrons. The van der Waals surface area contributed by atoms with E-state index < -0.39 is 0 Å². The molecule has 0 N–H and O–H groups in total. The molecule has 3 unspecified atom stereocenters. The fourth-order valence-electron chi connectivity index (χ4n) is 1.32. The molecule has 3 nitrogen and oxygen atoms in total. The molecule has 0 aromatic heterocycles. The maximum Gasteiger partial charge on any atom is 0.123 e. The van der Waals surface area contributed by atoms with Gasteiger partial charge in [0, 0.05) is 17.8 Å². The summed E-state index contributed by atoms with van der Waals surface area (Å²) in [6.45, 7) is 3.63. The van der Waals surface area contributed by atoms with Crippen LogP contribution >= 0.6 is 0 Å². The maximum atomic E-state index is 10.7. The number of aldehydes is 3. The zero-order valence-corrected chi connectivity index (χ0v) is 8.81. The number of rotatable bonds is 8. The van der Waals surface area contributed by atoms with Crippen molar-refractivity contribution in [2.75, 3.05) is 0 Å². The van der Waals surface area contributed by atoms with Crippen molar-refractivity contribution in [3.05, 3.63) is 0 Å². The van der Waals surface area contributed by atoms with Gasteiger partial charge < -0.3 is 14.4 Å². The molecule has 0 heterocycles. The van der Waals surface area contributed by atoms with Crippen molar-refractivity contribution in [1.82, 2.24) is 0 Å². The molecular weight excluding hydrogens is 180 g/mol. The Hall–Kier alpha value is -0.990. The van der Waals surface area contributed by atoms with Crippen LogP contribution in [0.1, 0.15) is 33.1 Å². The lowest BCUT2D eigenvalue weighted by Gasteiger charge is -2.12. The van der Waals surface area contributed by atoms with Crippen molar-refractivity contribution in [2.24, 2.45) is 17.8 Å². The van der Waals surface area contributed by atoms with Gasteiger partial charge in [-0.3, -0.25) is 0 Å². The van der Waals surface area contributed by atoms with E-state index in [1.165, 1.54) is 0 Å². The van der Waals surface area contributed by atoms with E-state index in [1.54, 1.807) is 6.92 Å². The van der Waals surface area contributed by atoms with Crippen LogP contribution in [0.2, 0.25) is 0 Å². The summed E-state index contributed by atoms with van der Waals surface area (Å²) < 4.78 is 0. The first kappa shape index (κ1) is 13.0. The van der Waals surface area contributed by atoms with Gasteiger partial charge in [0.15, 0.2) is 0 Å². The van der Waals surface area contributed by atoms with E-state index in [4.69, 9.17) is 0 Å². The van der Waals surface area contributed by atoms with E-state index in [1.807, 2.05) is 6.92 Å². The highest BCUT2D eigenvalue weighted by Crippen LogP contribution is 2.16. The average molecular weight is 198 g/mol. The van der Waals surface area contributed by atoms with Crippen molar-refractivity contribution in [3.8, 4) is 0 Å². The van der Waals surface area contributed by atoms with E-state index in [0.717, 1.165) is 25.3 Å². The summed E-state index contributed by atoms with van der Waals surface area (Å²) in [5.74, 6) is -0.154. The van der Waals surface area contributed by atoms with Gasteiger partial charge >= 0.3 is 0 Å². The molecule has 0 bridgehead atoms. The van der Waals surface area contributed by atoms with Crippen LogP contribution in [0.15, 0.2) is 0 Å². The van der Waals surface area contributed by atoms with Gasteiger partial charge in [0.05, 0.1) is 0 Å². The Labute approximate surface area is 84.9 Å².